The van der Waals surface area contributed by atoms with E-state index in [4.69, 9.17) is 15.2 Å². The fourth-order valence-electron chi connectivity index (χ4n) is 1.40. The molecule has 0 atom stereocenters. The Bertz CT molecular complexity index is 561. The molecule has 2 aromatic rings. The van der Waals surface area contributed by atoms with Gasteiger partial charge in [-0.25, -0.2) is 4.98 Å². The lowest BCUT2D eigenvalue weighted by Crippen LogP contribution is -1.93. The number of hydrogen-bond donors (Lipinski definition) is 2. The van der Waals surface area contributed by atoms with Gasteiger partial charge in [0.2, 0.25) is 5.13 Å². The van der Waals surface area contributed by atoms with Crippen molar-refractivity contribution in [2.75, 3.05) is 25.4 Å². The summed E-state index contributed by atoms with van der Waals surface area (Å²) in [5.74, 6) is 1.89. The summed E-state index contributed by atoms with van der Waals surface area (Å²) < 4.78 is 10.4. The van der Waals surface area contributed by atoms with Crippen LogP contribution in [0.4, 0.5) is 10.9 Å². The van der Waals surface area contributed by atoms with Gasteiger partial charge < -0.3 is 15.2 Å². The highest BCUT2D eigenvalue weighted by Gasteiger charge is 2.00. The predicted molar refractivity (Wildman–Crippen MR) is 77.3 cm³/mol. The third-order valence-corrected chi connectivity index (χ3v) is 3.03. The third kappa shape index (κ3) is 3.59. The molecule has 1 aromatic carbocycles. The van der Waals surface area contributed by atoms with Crippen LogP contribution in [0, 0.1) is 0 Å². The minimum Gasteiger partial charge on any atom is -0.497 e. The van der Waals surface area contributed by atoms with E-state index in [1.807, 2.05) is 12.1 Å². The summed E-state index contributed by atoms with van der Waals surface area (Å²) in [5.41, 5.74) is 9.17. The lowest BCUT2D eigenvalue weighted by molar-refractivity contribution is 0.394. The number of nitrogens with two attached hydrogens (primary N) is 1. The lowest BCUT2D eigenvalue weighted by Gasteiger charge is -2.05. The first-order chi connectivity index (χ1) is 9.21. The molecule has 0 amide bonds. The van der Waals surface area contributed by atoms with Crippen molar-refractivity contribution in [1.82, 2.24) is 4.98 Å². The van der Waals surface area contributed by atoms with E-state index in [-0.39, 0.29) is 0 Å². The van der Waals surface area contributed by atoms with E-state index in [2.05, 4.69) is 15.5 Å². The summed E-state index contributed by atoms with van der Waals surface area (Å²) >= 11 is 1.39. The maximum atomic E-state index is 5.51. The molecule has 19 heavy (non-hydrogen) atoms. The first-order valence-electron chi connectivity index (χ1n) is 5.44. The van der Waals surface area contributed by atoms with Gasteiger partial charge in [-0.15, -0.1) is 11.3 Å². The van der Waals surface area contributed by atoms with Crippen LogP contribution in [0.3, 0.4) is 0 Å². The number of hydrogen-bond acceptors (Lipinski definition) is 7. The lowest BCUT2D eigenvalue weighted by atomic mass is 10.2. The van der Waals surface area contributed by atoms with Crippen LogP contribution < -0.4 is 20.6 Å². The quantitative estimate of drug-likeness (QED) is 0.647. The van der Waals surface area contributed by atoms with Gasteiger partial charge in [-0.05, 0) is 12.1 Å². The first kappa shape index (κ1) is 13.2. The Hall–Kier alpha value is -2.28. The van der Waals surface area contributed by atoms with E-state index in [1.165, 1.54) is 11.3 Å². The van der Waals surface area contributed by atoms with Crippen LogP contribution in [0.25, 0.3) is 0 Å². The Kier molecular flexibility index (Phi) is 4.19. The van der Waals surface area contributed by atoms with E-state index in [0.717, 1.165) is 5.56 Å². The number of rotatable bonds is 5. The second kappa shape index (κ2) is 6.05. The number of aromatic nitrogens is 1. The Labute approximate surface area is 114 Å². The predicted octanol–water partition coefficient (Wildman–Crippen LogP) is 2.19. The minimum absolute atomic E-state index is 0.478. The number of ether oxygens (including phenoxy) is 2. The van der Waals surface area contributed by atoms with E-state index in [9.17, 15) is 0 Å². The van der Waals surface area contributed by atoms with Gasteiger partial charge in [-0.1, -0.05) is 0 Å². The number of methoxy groups -OCH3 is 2. The number of thiazole rings is 1. The second-order valence-corrected chi connectivity index (χ2v) is 4.45. The zero-order valence-electron chi connectivity index (χ0n) is 10.6. The average Bonchev–Trinajstić information content (AvgIpc) is 2.84. The average molecular weight is 278 g/mol. The van der Waals surface area contributed by atoms with Crippen molar-refractivity contribution in [2.45, 2.75) is 0 Å². The van der Waals surface area contributed by atoms with Crippen LogP contribution in [0.15, 0.2) is 28.7 Å². The van der Waals surface area contributed by atoms with E-state index >= 15 is 0 Å². The molecule has 0 unspecified atom stereocenters. The molecule has 1 aromatic heterocycles. The van der Waals surface area contributed by atoms with Gasteiger partial charge in [0.05, 0.1) is 20.4 Å². The van der Waals surface area contributed by atoms with Gasteiger partial charge in [0.15, 0.2) is 0 Å². The summed E-state index contributed by atoms with van der Waals surface area (Å²) in [4.78, 5) is 4.03. The van der Waals surface area contributed by atoms with E-state index < -0.39 is 0 Å². The van der Waals surface area contributed by atoms with Crippen molar-refractivity contribution >= 4 is 28.5 Å². The summed E-state index contributed by atoms with van der Waals surface area (Å²) in [6.45, 7) is 0. The van der Waals surface area contributed by atoms with Gasteiger partial charge >= 0.3 is 0 Å². The number of hydrazone groups is 1. The fraction of sp³-hybridized carbons (Fsp3) is 0.167. The summed E-state index contributed by atoms with van der Waals surface area (Å²) in [6, 6.07) is 5.50. The second-order valence-electron chi connectivity index (χ2n) is 3.59. The smallest absolute Gasteiger partial charge is 0.205 e. The zero-order chi connectivity index (χ0) is 13.7. The Morgan fingerprint density at radius 1 is 1.26 bits per heavy atom. The highest BCUT2D eigenvalue weighted by Crippen LogP contribution is 2.21. The molecular formula is C12H14N4O2S. The number of nitrogens with zero attached hydrogens (tertiary/aromatic N) is 2. The highest BCUT2D eigenvalue weighted by molar-refractivity contribution is 7.14. The first-order valence-corrected chi connectivity index (χ1v) is 6.32. The molecule has 0 spiro atoms. The van der Waals surface area contributed by atoms with Gasteiger partial charge in [0.25, 0.3) is 0 Å². The van der Waals surface area contributed by atoms with Crippen molar-refractivity contribution in [2.24, 2.45) is 5.10 Å². The molecule has 3 N–H and O–H groups in total. The molecule has 0 saturated heterocycles. The van der Waals surface area contributed by atoms with Crippen LogP contribution in [0.1, 0.15) is 5.56 Å². The molecule has 0 saturated carbocycles. The maximum Gasteiger partial charge on any atom is 0.205 e. The van der Waals surface area contributed by atoms with Crippen LogP contribution in [-0.4, -0.2) is 25.4 Å². The SMILES string of the molecule is COc1cc(C=NNc2nc(N)cs2)cc(OC)c1. The monoisotopic (exact) mass is 278 g/mol. The van der Waals surface area contributed by atoms with E-state index in [1.54, 1.807) is 31.9 Å². The third-order valence-electron chi connectivity index (χ3n) is 2.27. The van der Waals surface area contributed by atoms with Gasteiger partial charge in [0, 0.05) is 17.0 Å². The number of benzene rings is 1. The van der Waals surface area contributed by atoms with Gasteiger partial charge in [0.1, 0.15) is 17.3 Å². The molecule has 100 valence electrons. The normalized spacial score (nSPS) is 10.6. The highest BCUT2D eigenvalue weighted by atomic mass is 32.1. The standard InChI is InChI=1S/C12H14N4O2S/c1-17-9-3-8(4-10(5-9)18-2)6-14-16-12-15-11(13)7-19-12/h3-7H,13H2,1-2H3,(H,15,16). The largest absolute Gasteiger partial charge is 0.497 e. The molecule has 6 nitrogen and oxygen atoms in total. The summed E-state index contributed by atoms with van der Waals surface area (Å²) in [5, 5.41) is 6.47. The number of nitrogen functional groups attached to an aromatic ring is 1. The molecule has 1 heterocycles. The number of anilines is 2. The van der Waals surface area contributed by atoms with Crippen LogP contribution in [0.5, 0.6) is 11.5 Å². The molecule has 0 bridgehead atoms. The van der Waals surface area contributed by atoms with Gasteiger partial charge in [-0.3, -0.25) is 5.43 Å². The molecular weight excluding hydrogens is 264 g/mol. The zero-order valence-corrected chi connectivity index (χ0v) is 11.4. The van der Waals surface area contributed by atoms with Crippen LogP contribution >= 0.6 is 11.3 Å². The van der Waals surface area contributed by atoms with E-state index in [0.29, 0.717) is 22.4 Å². The minimum atomic E-state index is 0.478. The molecule has 0 aliphatic carbocycles. The molecule has 2 rings (SSSR count). The Morgan fingerprint density at radius 2 is 1.95 bits per heavy atom. The summed E-state index contributed by atoms with van der Waals surface area (Å²) in [6.07, 6.45) is 1.66. The van der Waals surface area contributed by atoms with Crippen molar-refractivity contribution in [3.05, 3.63) is 29.1 Å². The molecule has 0 aliphatic heterocycles. The van der Waals surface area contributed by atoms with Crippen molar-refractivity contribution in [3.8, 4) is 11.5 Å². The molecule has 0 fully saturated rings. The maximum absolute atomic E-state index is 5.51. The van der Waals surface area contributed by atoms with Crippen molar-refractivity contribution < 1.29 is 9.47 Å². The topological polar surface area (TPSA) is 81.8 Å². The fourth-order valence-corrected chi connectivity index (χ4v) is 1.95. The Balaban J connectivity index is 2.09. The van der Waals surface area contributed by atoms with Crippen molar-refractivity contribution in [3.63, 3.8) is 0 Å². The van der Waals surface area contributed by atoms with Crippen LogP contribution in [0.2, 0.25) is 0 Å². The van der Waals surface area contributed by atoms with Crippen LogP contribution in [-0.2, 0) is 0 Å². The Morgan fingerprint density at radius 3 is 2.47 bits per heavy atom. The molecule has 0 radical (unpaired) electrons. The number of nitrogens with one attached hydrogen (secondary N) is 1. The molecule has 7 heteroatoms. The van der Waals surface area contributed by atoms with Gasteiger partial charge in [-0.2, -0.15) is 5.10 Å². The molecule has 0 aliphatic rings. The summed E-state index contributed by atoms with van der Waals surface area (Å²) in [7, 11) is 3.21. The van der Waals surface area contributed by atoms with Crippen molar-refractivity contribution in [1.29, 1.82) is 0 Å².